The molecular weight excluding hydrogens is 226 g/mol. The fourth-order valence-electron chi connectivity index (χ4n) is 2.15. The van der Waals surface area contributed by atoms with Gasteiger partial charge < -0.3 is 9.64 Å². The lowest BCUT2D eigenvalue weighted by Crippen LogP contribution is -2.36. The van der Waals surface area contributed by atoms with Crippen molar-refractivity contribution in [1.82, 2.24) is 4.90 Å². The van der Waals surface area contributed by atoms with E-state index in [4.69, 9.17) is 4.74 Å². The lowest BCUT2D eigenvalue weighted by atomic mass is 10.1. The zero-order valence-corrected chi connectivity index (χ0v) is 11.3. The molecule has 0 N–H and O–H groups in total. The maximum Gasteiger partial charge on any atom is 0.257 e. The number of carbonyl (C=O) groups excluding carboxylic acids is 1. The molecule has 0 radical (unpaired) electrons. The Morgan fingerprint density at radius 1 is 1.39 bits per heavy atom. The largest absolute Gasteiger partial charge is 0.496 e. The SMILES string of the molecule is COc1ccccc1C(=O)N(CC(C)C)C1CC1. The molecule has 0 aliphatic heterocycles. The minimum atomic E-state index is 0.101. The van der Waals surface area contributed by atoms with E-state index in [1.54, 1.807) is 7.11 Å². The van der Waals surface area contributed by atoms with Gasteiger partial charge in [0.25, 0.3) is 5.91 Å². The molecule has 2 rings (SSSR count). The standard InChI is InChI=1S/C15H21NO2/c1-11(2)10-16(12-8-9-12)15(17)13-6-4-5-7-14(13)18-3/h4-7,11-12H,8-10H2,1-3H3. The molecule has 1 aromatic carbocycles. The lowest BCUT2D eigenvalue weighted by Gasteiger charge is -2.25. The number of nitrogens with zero attached hydrogens (tertiary/aromatic N) is 1. The minimum Gasteiger partial charge on any atom is -0.496 e. The zero-order valence-electron chi connectivity index (χ0n) is 11.3. The number of amides is 1. The van der Waals surface area contributed by atoms with Crippen LogP contribution in [0.25, 0.3) is 0 Å². The molecule has 0 atom stereocenters. The monoisotopic (exact) mass is 247 g/mol. The maximum absolute atomic E-state index is 12.6. The third-order valence-corrected chi connectivity index (χ3v) is 3.15. The molecule has 1 saturated carbocycles. The number of rotatable bonds is 5. The van der Waals surface area contributed by atoms with Crippen molar-refractivity contribution in [3.05, 3.63) is 29.8 Å². The highest BCUT2D eigenvalue weighted by Gasteiger charge is 2.34. The van der Waals surface area contributed by atoms with E-state index < -0.39 is 0 Å². The van der Waals surface area contributed by atoms with E-state index in [1.807, 2.05) is 29.2 Å². The Morgan fingerprint density at radius 2 is 2.06 bits per heavy atom. The van der Waals surface area contributed by atoms with Gasteiger partial charge in [-0.25, -0.2) is 0 Å². The van der Waals surface area contributed by atoms with Crippen molar-refractivity contribution in [2.45, 2.75) is 32.7 Å². The third kappa shape index (κ3) is 2.84. The summed E-state index contributed by atoms with van der Waals surface area (Å²) in [6.45, 7) is 5.11. The predicted octanol–water partition coefficient (Wildman–Crippen LogP) is 2.96. The van der Waals surface area contributed by atoms with Crippen molar-refractivity contribution < 1.29 is 9.53 Å². The van der Waals surface area contributed by atoms with Gasteiger partial charge in [0.1, 0.15) is 5.75 Å². The van der Waals surface area contributed by atoms with Crippen LogP contribution in [0.5, 0.6) is 5.75 Å². The van der Waals surface area contributed by atoms with Crippen molar-refractivity contribution in [2.75, 3.05) is 13.7 Å². The molecule has 1 amide bonds. The number of hydrogen-bond donors (Lipinski definition) is 0. The summed E-state index contributed by atoms with van der Waals surface area (Å²) in [4.78, 5) is 14.6. The van der Waals surface area contributed by atoms with Gasteiger partial charge in [-0.05, 0) is 30.9 Å². The molecule has 3 nitrogen and oxygen atoms in total. The van der Waals surface area contributed by atoms with Gasteiger partial charge in [-0.1, -0.05) is 26.0 Å². The summed E-state index contributed by atoms with van der Waals surface area (Å²) in [5.41, 5.74) is 0.674. The van der Waals surface area contributed by atoms with Crippen LogP contribution in [0.2, 0.25) is 0 Å². The second-order valence-electron chi connectivity index (χ2n) is 5.28. The van der Waals surface area contributed by atoms with Crippen LogP contribution in [0.1, 0.15) is 37.0 Å². The fourth-order valence-corrected chi connectivity index (χ4v) is 2.15. The first-order chi connectivity index (χ1) is 8.63. The van der Waals surface area contributed by atoms with Gasteiger partial charge in [-0.3, -0.25) is 4.79 Å². The fraction of sp³-hybridized carbons (Fsp3) is 0.533. The van der Waals surface area contributed by atoms with Crippen molar-refractivity contribution in [1.29, 1.82) is 0 Å². The Bertz CT molecular complexity index is 424. The Hall–Kier alpha value is -1.51. The molecule has 98 valence electrons. The third-order valence-electron chi connectivity index (χ3n) is 3.15. The lowest BCUT2D eigenvalue weighted by molar-refractivity contribution is 0.0719. The first-order valence-electron chi connectivity index (χ1n) is 6.57. The number of para-hydroxylation sites is 1. The van der Waals surface area contributed by atoms with Gasteiger partial charge in [-0.2, -0.15) is 0 Å². The Balaban J connectivity index is 2.21. The van der Waals surface area contributed by atoms with Gasteiger partial charge >= 0.3 is 0 Å². The van der Waals surface area contributed by atoms with E-state index in [0.717, 1.165) is 19.4 Å². The minimum absolute atomic E-state index is 0.101. The zero-order chi connectivity index (χ0) is 13.1. The summed E-state index contributed by atoms with van der Waals surface area (Å²) < 4.78 is 5.27. The molecule has 0 spiro atoms. The van der Waals surface area contributed by atoms with Gasteiger partial charge in [0.15, 0.2) is 0 Å². The molecular formula is C15H21NO2. The second-order valence-corrected chi connectivity index (χ2v) is 5.28. The number of ether oxygens (including phenoxy) is 1. The van der Waals surface area contributed by atoms with E-state index in [2.05, 4.69) is 13.8 Å². The average Bonchev–Trinajstić information content (AvgIpc) is 3.19. The molecule has 1 fully saturated rings. The highest BCUT2D eigenvalue weighted by Crippen LogP contribution is 2.30. The van der Waals surface area contributed by atoms with Crippen LogP contribution in [0.4, 0.5) is 0 Å². The van der Waals surface area contributed by atoms with Crippen LogP contribution in [0, 0.1) is 5.92 Å². The topological polar surface area (TPSA) is 29.5 Å². The van der Waals surface area contributed by atoms with Crippen LogP contribution in [0.3, 0.4) is 0 Å². The first-order valence-corrected chi connectivity index (χ1v) is 6.57. The quantitative estimate of drug-likeness (QED) is 0.800. The van der Waals surface area contributed by atoms with Gasteiger partial charge in [-0.15, -0.1) is 0 Å². The smallest absolute Gasteiger partial charge is 0.257 e. The summed E-state index contributed by atoms with van der Waals surface area (Å²) in [6.07, 6.45) is 2.27. The number of carbonyl (C=O) groups is 1. The Kier molecular flexibility index (Phi) is 3.90. The predicted molar refractivity (Wildman–Crippen MR) is 71.9 cm³/mol. The summed E-state index contributed by atoms with van der Waals surface area (Å²) in [6, 6.07) is 7.89. The molecule has 0 unspecified atom stereocenters. The van der Waals surface area contributed by atoms with E-state index in [0.29, 0.717) is 23.3 Å². The molecule has 1 aliphatic carbocycles. The Morgan fingerprint density at radius 3 is 2.61 bits per heavy atom. The van der Waals surface area contributed by atoms with Crippen molar-refractivity contribution in [2.24, 2.45) is 5.92 Å². The van der Waals surface area contributed by atoms with Crippen molar-refractivity contribution >= 4 is 5.91 Å². The number of hydrogen-bond acceptors (Lipinski definition) is 2. The van der Waals surface area contributed by atoms with E-state index in [-0.39, 0.29) is 5.91 Å². The van der Waals surface area contributed by atoms with E-state index >= 15 is 0 Å². The molecule has 0 bridgehead atoms. The van der Waals surface area contributed by atoms with Crippen LogP contribution in [-0.4, -0.2) is 30.5 Å². The summed E-state index contributed by atoms with van der Waals surface area (Å²) >= 11 is 0. The summed E-state index contributed by atoms with van der Waals surface area (Å²) in [5.74, 6) is 1.25. The van der Waals surface area contributed by atoms with Gasteiger partial charge in [0.2, 0.25) is 0 Å². The van der Waals surface area contributed by atoms with Crippen LogP contribution < -0.4 is 4.74 Å². The highest BCUT2D eigenvalue weighted by molar-refractivity contribution is 5.97. The van der Waals surface area contributed by atoms with Crippen molar-refractivity contribution in [3.63, 3.8) is 0 Å². The molecule has 0 saturated heterocycles. The van der Waals surface area contributed by atoms with Crippen LogP contribution in [-0.2, 0) is 0 Å². The molecule has 0 heterocycles. The van der Waals surface area contributed by atoms with Gasteiger partial charge in [0.05, 0.1) is 12.7 Å². The normalized spacial score (nSPS) is 14.7. The second kappa shape index (κ2) is 5.42. The summed E-state index contributed by atoms with van der Waals surface area (Å²) in [7, 11) is 1.61. The molecule has 3 heteroatoms. The molecule has 1 aliphatic rings. The number of benzene rings is 1. The molecule has 1 aromatic rings. The first kappa shape index (κ1) is 12.9. The van der Waals surface area contributed by atoms with E-state index in [1.165, 1.54) is 0 Å². The van der Waals surface area contributed by atoms with Crippen LogP contribution in [0.15, 0.2) is 24.3 Å². The highest BCUT2D eigenvalue weighted by atomic mass is 16.5. The summed E-state index contributed by atoms with van der Waals surface area (Å²) in [5, 5.41) is 0. The maximum atomic E-state index is 12.6. The van der Waals surface area contributed by atoms with Crippen molar-refractivity contribution in [3.8, 4) is 5.75 Å². The molecule has 0 aromatic heterocycles. The van der Waals surface area contributed by atoms with Crippen LogP contribution >= 0.6 is 0 Å². The molecule has 18 heavy (non-hydrogen) atoms. The van der Waals surface area contributed by atoms with Gasteiger partial charge in [0, 0.05) is 12.6 Å². The Labute approximate surface area is 109 Å². The average molecular weight is 247 g/mol. The van der Waals surface area contributed by atoms with E-state index in [9.17, 15) is 4.79 Å². The number of methoxy groups -OCH3 is 1.